The first-order valence-electron chi connectivity index (χ1n) is 4.52. The fraction of sp³-hybridized carbons (Fsp3) is 1.00. The maximum Gasteiger partial charge on any atom is 0.357 e. The first-order valence-corrected chi connectivity index (χ1v) is 18.7. The fourth-order valence-corrected chi connectivity index (χ4v) is 47.9. The molecule has 0 aliphatic heterocycles. The van der Waals surface area contributed by atoms with Crippen LogP contribution in [0.1, 0.15) is 27.7 Å². The van der Waals surface area contributed by atoms with Gasteiger partial charge in [0.05, 0.1) is 0 Å². The zero-order chi connectivity index (χ0) is 12.7. The van der Waals surface area contributed by atoms with E-state index in [4.69, 9.17) is 66.5 Å². The Bertz CT molecular complexity index is 215. The summed E-state index contributed by atoms with van der Waals surface area (Å²) in [6.45, 7) is 5.58. The van der Waals surface area contributed by atoms with E-state index in [2.05, 4.69) is 0 Å². The fourth-order valence-electron chi connectivity index (χ4n) is 1.61. The number of hydrogen-bond acceptors (Lipinski definition) is 0. The minimum atomic E-state index is -3.13. The lowest BCUT2D eigenvalue weighted by Gasteiger charge is -2.42. The Labute approximate surface area is 122 Å². The lowest BCUT2D eigenvalue weighted by Crippen LogP contribution is -2.65. The highest BCUT2D eigenvalue weighted by Crippen LogP contribution is 2.53. The third-order valence-corrected chi connectivity index (χ3v) is 59.4. The van der Waals surface area contributed by atoms with E-state index >= 15 is 0 Å². The molecule has 0 radical (unpaired) electrons. The average Bonchev–Trinajstić information content (AvgIpc) is 1.99. The van der Waals surface area contributed by atoms with Crippen molar-refractivity contribution in [1.82, 2.24) is 0 Å². The van der Waals surface area contributed by atoms with Crippen LogP contribution in [0.15, 0.2) is 0 Å². The smallest absolute Gasteiger partial charge is 0.167 e. The first kappa shape index (κ1) is 17.4. The summed E-state index contributed by atoms with van der Waals surface area (Å²) in [5, 5.41) is 0. The zero-order valence-electron chi connectivity index (χ0n) is 8.92. The maximum atomic E-state index is 6.70. The minimum Gasteiger partial charge on any atom is -0.167 e. The van der Waals surface area contributed by atoms with Crippen molar-refractivity contribution in [3.63, 3.8) is 0 Å². The third kappa shape index (κ3) is 3.24. The molecule has 0 atom stereocenters. The monoisotopic (exact) mass is 380 g/mol. The Hall–Kier alpha value is 2.39. The van der Waals surface area contributed by atoms with E-state index in [1.807, 2.05) is 27.7 Å². The zero-order valence-corrected chi connectivity index (χ0v) is 16.5. The molecule has 0 amide bonds. The van der Waals surface area contributed by atoms with Gasteiger partial charge in [-0.3, -0.25) is 0 Å². The van der Waals surface area contributed by atoms with E-state index in [1.165, 1.54) is 0 Å². The normalized spacial score (nSPS) is 15.2. The second-order valence-corrected chi connectivity index (χ2v) is 41.2. The molecule has 0 saturated heterocycles. The highest BCUT2D eigenvalue weighted by atomic mass is 35.9. The summed E-state index contributed by atoms with van der Waals surface area (Å²) in [7, 11) is 0. The molecular weight excluding hydrogens is 369 g/mol. The van der Waals surface area contributed by atoms with Crippen LogP contribution in [0.3, 0.4) is 0 Å². The largest absolute Gasteiger partial charge is 0.357 e. The third-order valence-electron chi connectivity index (χ3n) is 2.52. The molecule has 0 aliphatic carbocycles. The average molecular weight is 383 g/mol. The van der Waals surface area contributed by atoms with Crippen LogP contribution in [0.5, 0.6) is 0 Å². The second-order valence-electron chi connectivity index (χ2n) is 4.15. The van der Waals surface area contributed by atoms with Crippen molar-refractivity contribution in [2.75, 3.05) is 0 Å². The van der Waals surface area contributed by atoms with Crippen LogP contribution in [0.4, 0.5) is 0 Å². The van der Waals surface area contributed by atoms with Gasteiger partial charge in [0.2, 0.25) is 0 Å². The molecule has 0 spiro atoms. The number of halogens is 6. The Morgan fingerprint density at radius 1 is 0.667 bits per heavy atom. The lowest BCUT2D eigenvalue weighted by atomic mass is 10.5. The molecule has 0 aliphatic rings. The van der Waals surface area contributed by atoms with Crippen LogP contribution >= 0.6 is 66.5 Å². The van der Waals surface area contributed by atoms with Gasteiger partial charge < -0.3 is 0 Å². The number of rotatable bonds is 4. The summed E-state index contributed by atoms with van der Waals surface area (Å²) in [5.74, 6) is 0. The van der Waals surface area contributed by atoms with Crippen molar-refractivity contribution in [2.24, 2.45) is 0 Å². The van der Waals surface area contributed by atoms with Crippen LogP contribution in [-0.2, 0) is 0 Å². The predicted molar refractivity (Wildman–Crippen MR) is 82.6 cm³/mol. The Morgan fingerprint density at radius 3 is 1.00 bits per heavy atom. The molecule has 0 aromatic rings. The molecule has 0 aromatic carbocycles. The van der Waals surface area contributed by atoms with Crippen molar-refractivity contribution >= 4 is 84.6 Å². The van der Waals surface area contributed by atoms with Crippen LogP contribution in [0.25, 0.3) is 0 Å². The maximum absolute atomic E-state index is 6.70. The minimum absolute atomic E-state index is 0.198. The Kier molecular flexibility index (Phi) is 6.46. The van der Waals surface area contributed by atoms with Crippen molar-refractivity contribution in [1.29, 1.82) is 0 Å². The SMILES string of the molecule is CC(C)[Si](Cl)(C(C)C)[Si](Cl)(Cl)[Si](Cl)(Cl)Cl. The van der Waals surface area contributed by atoms with Gasteiger partial charge in [-0.1, -0.05) is 27.7 Å². The Balaban J connectivity index is 5.46. The molecule has 0 N–H and O–H groups in total. The molecule has 0 unspecified atom stereocenters. The highest BCUT2D eigenvalue weighted by Gasteiger charge is 2.69. The van der Waals surface area contributed by atoms with Crippen LogP contribution < -0.4 is 0 Å². The standard InChI is InChI=1S/C6H14Cl6Si3/c1-5(2)13(7,6(3)4)15(11,12)14(8,9)10/h5-6H,1-4H3. The molecule has 0 aromatic heterocycles. The molecule has 0 nitrogen and oxygen atoms in total. The molecule has 92 valence electrons. The van der Waals surface area contributed by atoms with Crippen molar-refractivity contribution in [3.8, 4) is 0 Å². The van der Waals surface area contributed by atoms with Gasteiger partial charge in [0, 0.05) is 0 Å². The summed E-state index contributed by atoms with van der Waals surface area (Å²) in [6, 6.07) is 0. The summed E-state index contributed by atoms with van der Waals surface area (Å²) >= 11 is 37.6. The van der Waals surface area contributed by atoms with E-state index in [1.54, 1.807) is 0 Å². The molecule has 0 heterocycles. The van der Waals surface area contributed by atoms with Gasteiger partial charge in [0.25, 0.3) is 5.73 Å². The van der Waals surface area contributed by atoms with Gasteiger partial charge in [-0.05, 0) is 11.1 Å². The Morgan fingerprint density at radius 2 is 0.933 bits per heavy atom. The van der Waals surface area contributed by atoms with Gasteiger partial charge in [0.1, 0.15) is 0 Å². The lowest BCUT2D eigenvalue weighted by molar-refractivity contribution is 0.949. The van der Waals surface area contributed by atoms with E-state index in [-0.39, 0.29) is 11.1 Å². The quantitative estimate of drug-likeness (QED) is 0.430. The number of hydrogen-bond donors (Lipinski definition) is 0. The van der Waals surface area contributed by atoms with E-state index in [9.17, 15) is 0 Å². The molecule has 0 fully saturated rings. The predicted octanol–water partition coefficient (Wildman–Crippen LogP) is 5.72. The molecule has 0 bridgehead atoms. The van der Waals surface area contributed by atoms with Gasteiger partial charge >= 0.3 is 5.52 Å². The van der Waals surface area contributed by atoms with Crippen molar-refractivity contribution < 1.29 is 0 Å². The van der Waals surface area contributed by atoms with Crippen LogP contribution in [-0.4, -0.2) is 18.2 Å². The van der Waals surface area contributed by atoms with Gasteiger partial charge in [0.15, 0.2) is 6.90 Å². The van der Waals surface area contributed by atoms with Crippen molar-refractivity contribution in [3.05, 3.63) is 0 Å². The van der Waals surface area contributed by atoms with Crippen LogP contribution in [0.2, 0.25) is 11.1 Å². The molecule has 0 saturated carbocycles. The first-order chi connectivity index (χ1) is 6.39. The molecule has 15 heavy (non-hydrogen) atoms. The van der Waals surface area contributed by atoms with E-state index in [0.29, 0.717) is 0 Å². The molecule has 9 heteroatoms. The summed E-state index contributed by atoms with van der Waals surface area (Å²) in [6.07, 6.45) is 0. The van der Waals surface area contributed by atoms with Gasteiger partial charge in [-0.15, -0.1) is 55.4 Å². The highest BCUT2D eigenvalue weighted by molar-refractivity contribution is 8.16. The summed E-state index contributed by atoms with van der Waals surface area (Å²) in [4.78, 5) is 0. The van der Waals surface area contributed by atoms with Gasteiger partial charge in [-0.2, -0.15) is 11.1 Å². The van der Waals surface area contributed by atoms with E-state index in [0.717, 1.165) is 0 Å². The molecular formula is C6H14Cl6Si3. The molecule has 0 rings (SSSR count). The topological polar surface area (TPSA) is 0 Å². The second kappa shape index (κ2) is 5.57. The summed E-state index contributed by atoms with van der Waals surface area (Å²) in [5.41, 5.74) is -5.73. The van der Waals surface area contributed by atoms with Gasteiger partial charge in [-0.25, -0.2) is 0 Å². The van der Waals surface area contributed by atoms with Crippen molar-refractivity contribution in [2.45, 2.75) is 38.8 Å². The van der Waals surface area contributed by atoms with E-state index < -0.39 is 18.2 Å². The van der Waals surface area contributed by atoms with Crippen LogP contribution in [0, 0.1) is 0 Å². The summed E-state index contributed by atoms with van der Waals surface area (Å²) < 4.78 is 0.